The fourth-order valence-electron chi connectivity index (χ4n) is 3.32. The molecule has 1 N–H and O–H groups in total. The Morgan fingerprint density at radius 1 is 1.19 bits per heavy atom. The normalized spacial score (nSPS) is 12.6. The molecule has 1 atom stereocenters. The minimum atomic E-state index is -0.828. The highest BCUT2D eigenvalue weighted by molar-refractivity contribution is 5.81. The molecular formula is C23H25F2N3O3. The summed E-state index contributed by atoms with van der Waals surface area (Å²) in [4.78, 5) is 30.4. The summed E-state index contributed by atoms with van der Waals surface area (Å²) in [6, 6.07) is 7.23. The van der Waals surface area contributed by atoms with Crippen molar-refractivity contribution >= 4 is 17.0 Å². The number of hydrogen-bond acceptors (Lipinski definition) is 4. The van der Waals surface area contributed by atoms with Crippen molar-refractivity contribution in [1.29, 1.82) is 0 Å². The lowest BCUT2D eigenvalue weighted by Crippen LogP contribution is -2.37. The van der Waals surface area contributed by atoms with Crippen LogP contribution in [0.5, 0.6) is 0 Å². The third-order valence-electron chi connectivity index (χ3n) is 4.64. The van der Waals surface area contributed by atoms with Gasteiger partial charge in [-0.25, -0.2) is 18.6 Å². The lowest BCUT2D eigenvalue weighted by atomic mass is 10.1. The minimum Gasteiger partial charge on any atom is -0.444 e. The fraction of sp³-hybridized carbons (Fsp3) is 0.348. The van der Waals surface area contributed by atoms with Gasteiger partial charge in [0.2, 0.25) is 0 Å². The number of nitrogens with zero attached hydrogens (tertiary/aromatic N) is 2. The van der Waals surface area contributed by atoms with Crippen molar-refractivity contribution in [3.8, 4) is 5.69 Å². The fourth-order valence-corrected chi connectivity index (χ4v) is 3.32. The number of amides is 1. The highest BCUT2D eigenvalue weighted by Crippen LogP contribution is 2.23. The number of fused-ring (bicyclic) bond motifs is 1. The second-order valence-corrected chi connectivity index (χ2v) is 8.32. The minimum absolute atomic E-state index is 0.0159. The maximum Gasteiger partial charge on any atom is 0.408 e. The van der Waals surface area contributed by atoms with Gasteiger partial charge in [0.1, 0.15) is 23.1 Å². The zero-order chi connectivity index (χ0) is 22.9. The topological polar surface area (TPSA) is 73.2 Å². The first-order valence-electron chi connectivity index (χ1n) is 9.98. The van der Waals surface area contributed by atoms with Gasteiger partial charge in [0, 0.05) is 6.07 Å². The Labute approximate surface area is 178 Å². The van der Waals surface area contributed by atoms with Crippen molar-refractivity contribution < 1.29 is 18.3 Å². The van der Waals surface area contributed by atoms with Gasteiger partial charge in [-0.15, -0.1) is 0 Å². The first-order valence-corrected chi connectivity index (χ1v) is 9.98. The summed E-state index contributed by atoms with van der Waals surface area (Å²) in [5.41, 5.74) is -0.00203. The van der Waals surface area contributed by atoms with E-state index in [4.69, 9.17) is 4.74 Å². The summed E-state index contributed by atoms with van der Waals surface area (Å²) in [6.45, 7) is 8.81. The first kappa shape index (κ1) is 22.4. The highest BCUT2D eigenvalue weighted by atomic mass is 19.1. The van der Waals surface area contributed by atoms with Crippen molar-refractivity contribution in [2.75, 3.05) is 0 Å². The summed E-state index contributed by atoms with van der Waals surface area (Å²) in [5.74, 6) is -1.50. The number of halogens is 2. The molecule has 0 unspecified atom stereocenters. The Bertz CT molecular complexity index is 1180. The van der Waals surface area contributed by atoms with E-state index in [2.05, 4.69) is 10.3 Å². The van der Waals surface area contributed by atoms with Crippen LogP contribution in [0.3, 0.4) is 0 Å². The molecule has 0 aliphatic heterocycles. The van der Waals surface area contributed by atoms with E-state index in [1.807, 2.05) is 13.0 Å². The Hall–Kier alpha value is -3.29. The van der Waals surface area contributed by atoms with Crippen molar-refractivity contribution in [1.82, 2.24) is 14.9 Å². The van der Waals surface area contributed by atoms with Crippen LogP contribution in [0.2, 0.25) is 0 Å². The number of benzene rings is 2. The zero-order valence-electron chi connectivity index (χ0n) is 18.1. The average molecular weight is 429 g/mol. The van der Waals surface area contributed by atoms with E-state index in [0.29, 0.717) is 17.3 Å². The van der Waals surface area contributed by atoms with Gasteiger partial charge in [-0.1, -0.05) is 19.1 Å². The monoisotopic (exact) mass is 429 g/mol. The van der Waals surface area contributed by atoms with E-state index in [1.54, 1.807) is 39.8 Å². The summed E-state index contributed by atoms with van der Waals surface area (Å²) < 4.78 is 34.4. The molecule has 0 radical (unpaired) electrons. The van der Waals surface area contributed by atoms with Gasteiger partial charge in [0.15, 0.2) is 0 Å². The molecule has 3 aromatic rings. The number of carbonyl (C=O) groups excluding carboxylic acids is 1. The number of alkyl carbamates (subject to hydrolysis) is 1. The molecule has 164 valence electrons. The quantitative estimate of drug-likeness (QED) is 0.637. The molecule has 2 aromatic carbocycles. The largest absolute Gasteiger partial charge is 0.444 e. The van der Waals surface area contributed by atoms with Gasteiger partial charge >= 0.3 is 6.09 Å². The van der Waals surface area contributed by atoms with Crippen LogP contribution in [-0.2, 0) is 4.74 Å². The molecule has 1 aromatic heterocycles. The molecule has 3 rings (SSSR count). The predicted octanol–water partition coefficient (Wildman–Crippen LogP) is 4.95. The van der Waals surface area contributed by atoms with Gasteiger partial charge in [0.25, 0.3) is 5.56 Å². The number of hydrogen-bond donors (Lipinski definition) is 1. The van der Waals surface area contributed by atoms with E-state index in [9.17, 15) is 18.4 Å². The van der Waals surface area contributed by atoms with Crippen LogP contribution >= 0.6 is 0 Å². The second-order valence-electron chi connectivity index (χ2n) is 8.32. The third-order valence-corrected chi connectivity index (χ3v) is 4.64. The molecule has 1 heterocycles. The molecule has 1 amide bonds. The molecule has 0 aliphatic rings. The summed E-state index contributed by atoms with van der Waals surface area (Å²) in [5, 5.41) is 3.03. The van der Waals surface area contributed by atoms with Crippen LogP contribution in [0.1, 0.15) is 51.5 Å². The third kappa shape index (κ3) is 4.90. The van der Waals surface area contributed by atoms with Crippen LogP contribution in [0.25, 0.3) is 16.6 Å². The molecule has 0 saturated heterocycles. The molecule has 0 saturated carbocycles. The van der Waals surface area contributed by atoms with E-state index in [0.717, 1.165) is 28.3 Å². The van der Waals surface area contributed by atoms with Crippen LogP contribution in [-0.4, -0.2) is 21.2 Å². The van der Waals surface area contributed by atoms with Gasteiger partial charge in [-0.3, -0.25) is 9.36 Å². The Morgan fingerprint density at radius 3 is 2.42 bits per heavy atom. The summed E-state index contributed by atoms with van der Waals surface area (Å²) in [6.07, 6.45) is -0.323. The van der Waals surface area contributed by atoms with Gasteiger partial charge < -0.3 is 10.1 Å². The van der Waals surface area contributed by atoms with Crippen molar-refractivity contribution in [3.63, 3.8) is 0 Å². The van der Waals surface area contributed by atoms with E-state index in [-0.39, 0.29) is 11.5 Å². The summed E-state index contributed by atoms with van der Waals surface area (Å²) >= 11 is 0. The van der Waals surface area contributed by atoms with Crippen molar-refractivity contribution in [3.05, 3.63) is 69.8 Å². The Morgan fingerprint density at radius 2 is 1.84 bits per heavy atom. The van der Waals surface area contributed by atoms with Crippen LogP contribution in [0.15, 0.2) is 41.2 Å². The number of aryl methyl sites for hydroxylation is 1. The molecule has 0 fully saturated rings. The Kier molecular flexibility index (Phi) is 6.10. The van der Waals surface area contributed by atoms with Gasteiger partial charge in [0.05, 0.1) is 22.6 Å². The second kappa shape index (κ2) is 8.45. The van der Waals surface area contributed by atoms with Crippen LogP contribution in [0.4, 0.5) is 13.6 Å². The highest BCUT2D eigenvalue weighted by Gasteiger charge is 2.25. The molecule has 0 spiro atoms. The molecule has 0 bridgehead atoms. The maximum atomic E-state index is 14.0. The van der Waals surface area contributed by atoms with Crippen molar-refractivity contribution in [2.24, 2.45) is 0 Å². The maximum absolute atomic E-state index is 14.0. The molecule has 6 nitrogen and oxygen atoms in total. The lowest BCUT2D eigenvalue weighted by Gasteiger charge is -2.25. The number of ether oxygens (including phenoxy) is 1. The molecule has 0 aliphatic carbocycles. The Balaban J connectivity index is 2.26. The first-order chi connectivity index (χ1) is 14.5. The number of carbonyl (C=O) groups is 1. The number of rotatable bonds is 4. The van der Waals surface area contributed by atoms with Gasteiger partial charge in [-0.05, 0) is 57.9 Å². The SMILES string of the molecule is CC[C@H](NC(=O)OC(C)(C)C)c1nc2c(C)cccc2c(=O)n1-c1cc(F)cc(F)c1. The lowest BCUT2D eigenvalue weighted by molar-refractivity contribution is 0.0499. The molecule has 31 heavy (non-hydrogen) atoms. The van der Waals surface area contributed by atoms with Crippen LogP contribution in [0, 0.1) is 18.6 Å². The van der Waals surface area contributed by atoms with Gasteiger partial charge in [-0.2, -0.15) is 0 Å². The predicted molar refractivity (Wildman–Crippen MR) is 114 cm³/mol. The zero-order valence-corrected chi connectivity index (χ0v) is 18.1. The average Bonchev–Trinajstić information content (AvgIpc) is 2.64. The number of aromatic nitrogens is 2. The van der Waals surface area contributed by atoms with E-state index in [1.165, 1.54) is 0 Å². The summed E-state index contributed by atoms with van der Waals surface area (Å²) in [7, 11) is 0. The van der Waals surface area contributed by atoms with Crippen LogP contribution < -0.4 is 10.9 Å². The molecule has 8 heteroatoms. The molecular weight excluding hydrogens is 404 g/mol. The van der Waals surface area contributed by atoms with Crippen molar-refractivity contribution in [2.45, 2.75) is 52.7 Å². The smallest absolute Gasteiger partial charge is 0.408 e. The van der Waals surface area contributed by atoms with E-state index >= 15 is 0 Å². The number of nitrogens with one attached hydrogen (secondary N) is 1. The standard InChI is InChI=1S/C23H25F2N3O3/c1-6-18(26-22(30)31-23(3,4)5)20-27-19-13(2)8-7-9-17(19)21(29)28(20)16-11-14(24)10-15(25)12-16/h7-12,18H,6H2,1-5H3,(H,26,30)/t18-/m0/s1. The number of para-hydroxylation sites is 1. The van der Waals surface area contributed by atoms with E-state index < -0.39 is 34.9 Å².